The molecular formula is CH3BrMgN2. The smallest absolute Gasteiger partial charge is 1.00 e. The summed E-state index contributed by atoms with van der Waals surface area (Å²) in [7, 11) is 0. The van der Waals surface area contributed by atoms with Crippen LogP contribution in [0, 0.1) is 5.41 Å². The second-order valence-electron chi connectivity index (χ2n) is 0.144. The van der Waals surface area contributed by atoms with Gasteiger partial charge >= 0.3 is 23.1 Å². The third-order valence-electron chi connectivity index (χ3n) is 0. The van der Waals surface area contributed by atoms with Gasteiger partial charge in [-0.1, -0.05) is 0 Å². The second kappa shape index (κ2) is 22.1. The van der Waals surface area contributed by atoms with Gasteiger partial charge in [0.1, 0.15) is 0 Å². The van der Waals surface area contributed by atoms with Crippen LogP contribution in [0.2, 0.25) is 0 Å². The molecule has 0 heterocycles. The zero-order valence-corrected chi connectivity index (χ0v) is 5.66. The molecule has 0 aromatic carbocycles. The van der Waals surface area contributed by atoms with Crippen LogP contribution in [0.1, 0.15) is 0 Å². The summed E-state index contributed by atoms with van der Waals surface area (Å²) in [6, 6.07) is 0. The molecule has 0 unspecified atom stereocenters. The maximum atomic E-state index is 5.74. The van der Waals surface area contributed by atoms with Gasteiger partial charge in [-0.15, -0.1) is 0 Å². The number of nitrogens with one attached hydrogen (secondary N) is 1. The SMILES string of the molecule is N=[C-]N.[Br-].[Mg+2]. The Kier molecular flexibility index (Phi) is 76.2. The molecule has 0 atom stereocenters. The van der Waals surface area contributed by atoms with Gasteiger partial charge in [0.25, 0.3) is 0 Å². The topological polar surface area (TPSA) is 49.9 Å². The van der Waals surface area contributed by atoms with Crippen molar-refractivity contribution in [1.29, 1.82) is 5.41 Å². The van der Waals surface area contributed by atoms with Gasteiger partial charge in [0.05, 0.1) is 0 Å². The molecule has 0 aromatic rings. The minimum atomic E-state index is 0. The van der Waals surface area contributed by atoms with Gasteiger partial charge in [0.15, 0.2) is 0 Å². The maximum absolute atomic E-state index is 5.74. The van der Waals surface area contributed by atoms with Crippen molar-refractivity contribution in [3.8, 4) is 0 Å². The van der Waals surface area contributed by atoms with E-state index in [0.717, 1.165) is 0 Å². The molecule has 5 heavy (non-hydrogen) atoms. The molecule has 0 aromatic heterocycles. The van der Waals surface area contributed by atoms with Crippen LogP contribution in [0.15, 0.2) is 0 Å². The molecule has 0 amide bonds. The molecule has 0 radical (unpaired) electrons. The Balaban J connectivity index is -0.0000000200. The first-order chi connectivity index (χ1) is 1.41. The van der Waals surface area contributed by atoms with Crippen LogP contribution in [0.3, 0.4) is 0 Å². The Bertz CT molecular complexity index is 17.1. The van der Waals surface area contributed by atoms with Gasteiger partial charge in [-0.3, -0.25) is 0 Å². The molecule has 0 aliphatic heterocycles. The number of nitrogens with two attached hydrogens (primary N) is 1. The van der Waals surface area contributed by atoms with E-state index in [-0.39, 0.29) is 40.0 Å². The van der Waals surface area contributed by atoms with Gasteiger partial charge < -0.3 is 34.5 Å². The van der Waals surface area contributed by atoms with E-state index in [1.165, 1.54) is 6.34 Å². The zero-order chi connectivity index (χ0) is 2.71. The summed E-state index contributed by atoms with van der Waals surface area (Å²) in [4.78, 5) is 0. The number of hydrogen-bond donors (Lipinski definition) is 2. The maximum Gasteiger partial charge on any atom is 2.00 e. The molecule has 3 N–H and O–H groups in total. The van der Waals surface area contributed by atoms with Gasteiger partial charge in [-0.25, -0.2) is 0 Å². The minimum absolute atomic E-state index is 0. The fourth-order valence-electron chi connectivity index (χ4n) is 0. The molecule has 0 aliphatic rings. The molecule has 2 nitrogen and oxygen atoms in total. The van der Waals surface area contributed by atoms with Gasteiger partial charge in [0, 0.05) is 0 Å². The van der Waals surface area contributed by atoms with Crippen LogP contribution in [0.4, 0.5) is 0 Å². The molecule has 0 bridgehead atoms. The summed E-state index contributed by atoms with van der Waals surface area (Å²) in [5, 5.41) is 5.74. The molecular weight excluding hydrogens is 144 g/mol. The molecule has 4 heteroatoms. The van der Waals surface area contributed by atoms with Crippen molar-refractivity contribution < 1.29 is 17.0 Å². The van der Waals surface area contributed by atoms with Crippen molar-refractivity contribution in [1.82, 2.24) is 0 Å². The molecule has 0 rings (SSSR count). The van der Waals surface area contributed by atoms with E-state index in [9.17, 15) is 0 Å². The molecule has 0 saturated heterocycles. The molecule has 0 saturated carbocycles. The zero-order valence-electron chi connectivity index (χ0n) is 2.66. The monoisotopic (exact) mass is 146 g/mol. The van der Waals surface area contributed by atoms with Gasteiger partial charge in [0.2, 0.25) is 0 Å². The van der Waals surface area contributed by atoms with E-state index < -0.39 is 0 Å². The van der Waals surface area contributed by atoms with Crippen LogP contribution < -0.4 is 22.7 Å². The van der Waals surface area contributed by atoms with Crippen LogP contribution in [0.5, 0.6) is 0 Å². The van der Waals surface area contributed by atoms with Crippen LogP contribution in [0.25, 0.3) is 0 Å². The summed E-state index contributed by atoms with van der Waals surface area (Å²) in [5.41, 5.74) is 4.26. The van der Waals surface area contributed by atoms with E-state index in [1.54, 1.807) is 0 Å². The first kappa shape index (κ1) is 17.2. The summed E-state index contributed by atoms with van der Waals surface area (Å²) in [5.74, 6) is 0. The Labute approximate surface area is 57.5 Å². The predicted octanol–water partition coefficient (Wildman–Crippen LogP) is -3.95. The fourth-order valence-corrected chi connectivity index (χ4v) is 0. The first-order valence-corrected chi connectivity index (χ1v) is 0.539. The number of halogens is 1. The summed E-state index contributed by atoms with van der Waals surface area (Å²) >= 11 is 0. The van der Waals surface area contributed by atoms with Crippen molar-refractivity contribution >= 4 is 29.4 Å². The molecule has 0 fully saturated rings. The largest absolute Gasteiger partial charge is 2.00 e. The van der Waals surface area contributed by atoms with E-state index in [0.29, 0.717) is 0 Å². The van der Waals surface area contributed by atoms with E-state index in [4.69, 9.17) is 5.41 Å². The van der Waals surface area contributed by atoms with Crippen LogP contribution >= 0.6 is 0 Å². The molecule has 26 valence electrons. The summed E-state index contributed by atoms with van der Waals surface area (Å²) in [6.07, 6.45) is 1.50. The van der Waals surface area contributed by atoms with Crippen molar-refractivity contribution in [2.24, 2.45) is 5.73 Å². The Morgan fingerprint density at radius 1 is 1.60 bits per heavy atom. The Hall–Kier alpha value is 0.716. The van der Waals surface area contributed by atoms with E-state index in [2.05, 4.69) is 5.73 Å². The quantitative estimate of drug-likeness (QED) is 0.119. The fraction of sp³-hybridized carbons (Fsp3) is 0. The summed E-state index contributed by atoms with van der Waals surface area (Å²) < 4.78 is 0. The van der Waals surface area contributed by atoms with Crippen molar-refractivity contribution in [3.05, 3.63) is 0 Å². The third kappa shape index (κ3) is 67.8. The average Bonchev–Trinajstić information content (AvgIpc) is 0.918. The van der Waals surface area contributed by atoms with Crippen molar-refractivity contribution in [3.63, 3.8) is 0 Å². The van der Waals surface area contributed by atoms with Crippen molar-refractivity contribution in [2.45, 2.75) is 0 Å². The Morgan fingerprint density at radius 2 is 1.60 bits per heavy atom. The standard InChI is InChI=1S/CH3N2.BrH.Mg/c2-1-3;;/h(H3,2,3);1H;/q-1;;+2/p-1. The van der Waals surface area contributed by atoms with Gasteiger partial charge in [-0.2, -0.15) is 0 Å². The minimum Gasteiger partial charge on any atom is -1.00 e. The number of hydrogen-bond acceptors (Lipinski definition) is 1. The second-order valence-corrected chi connectivity index (χ2v) is 0.144. The first-order valence-electron chi connectivity index (χ1n) is 0.539. The van der Waals surface area contributed by atoms with E-state index in [1.807, 2.05) is 0 Å². The Morgan fingerprint density at radius 3 is 1.60 bits per heavy atom. The third-order valence-corrected chi connectivity index (χ3v) is 0. The normalized spacial score (nSPS) is 2.40. The van der Waals surface area contributed by atoms with Crippen LogP contribution in [-0.2, 0) is 0 Å². The van der Waals surface area contributed by atoms with Gasteiger partial charge in [-0.05, 0) is 0 Å². The number of rotatable bonds is 0. The summed E-state index contributed by atoms with van der Waals surface area (Å²) in [6.45, 7) is 0. The van der Waals surface area contributed by atoms with Crippen molar-refractivity contribution in [2.75, 3.05) is 0 Å². The molecule has 0 aliphatic carbocycles. The van der Waals surface area contributed by atoms with Crippen LogP contribution in [-0.4, -0.2) is 29.4 Å². The predicted molar refractivity (Wildman–Crippen MR) is 17.7 cm³/mol. The molecule has 0 spiro atoms. The van der Waals surface area contributed by atoms with E-state index >= 15 is 0 Å². The average molecular weight is 147 g/mol.